The van der Waals surface area contributed by atoms with Crippen LogP contribution in [-0.4, -0.2) is 6.10 Å². The summed E-state index contributed by atoms with van der Waals surface area (Å²) in [6.07, 6.45) is 5.17. The zero-order valence-corrected chi connectivity index (χ0v) is 17.8. The quantitative estimate of drug-likeness (QED) is 0.306. The Hall–Kier alpha value is 1.09. The van der Waals surface area contributed by atoms with Crippen molar-refractivity contribution in [3.05, 3.63) is 54.2 Å². The van der Waals surface area contributed by atoms with Crippen LogP contribution in [0.3, 0.4) is 0 Å². The SMILES string of the molecule is CC(/C=C/Cc1ccccc1[CH-]OPP)OP.[U]. The van der Waals surface area contributed by atoms with E-state index in [0.717, 1.165) is 12.0 Å². The average Bonchev–Trinajstić information content (AvgIpc) is 2.37. The first kappa shape index (κ1) is 19.1. The predicted octanol–water partition coefficient (Wildman–Crippen LogP) is 3.89. The molecule has 18 heavy (non-hydrogen) atoms. The third-order valence-corrected chi connectivity index (χ3v) is 3.36. The summed E-state index contributed by atoms with van der Waals surface area (Å²) in [4.78, 5) is 0. The van der Waals surface area contributed by atoms with Crippen molar-refractivity contribution in [2.45, 2.75) is 19.4 Å². The molecular weight excluding hydrogens is 507 g/mol. The van der Waals surface area contributed by atoms with Crippen molar-refractivity contribution < 1.29 is 40.2 Å². The number of rotatable bonds is 7. The Morgan fingerprint density at radius 1 is 1.44 bits per heavy atom. The van der Waals surface area contributed by atoms with Crippen LogP contribution in [0.25, 0.3) is 0 Å². The van der Waals surface area contributed by atoms with Gasteiger partial charge in [-0.2, -0.15) is 11.6 Å². The second-order valence-corrected chi connectivity index (χ2v) is 4.98. The summed E-state index contributed by atoms with van der Waals surface area (Å²) >= 11 is 0. The van der Waals surface area contributed by atoms with Crippen molar-refractivity contribution >= 4 is 26.9 Å². The Morgan fingerprint density at radius 3 is 2.83 bits per heavy atom. The smallest absolute Gasteiger partial charge is 0.0763 e. The van der Waals surface area contributed by atoms with Crippen LogP contribution in [0.5, 0.6) is 0 Å². The van der Waals surface area contributed by atoms with Crippen molar-refractivity contribution in [2.75, 3.05) is 0 Å². The van der Waals surface area contributed by atoms with Crippen molar-refractivity contribution in [1.29, 1.82) is 0 Å². The molecule has 0 heterocycles. The molecule has 2 nitrogen and oxygen atoms in total. The van der Waals surface area contributed by atoms with E-state index in [1.807, 2.05) is 31.7 Å². The van der Waals surface area contributed by atoms with E-state index in [1.165, 1.54) is 5.56 Å². The molecule has 98 valence electrons. The fourth-order valence-electron chi connectivity index (χ4n) is 1.36. The Morgan fingerprint density at radius 2 is 2.17 bits per heavy atom. The van der Waals surface area contributed by atoms with Gasteiger partial charge >= 0.3 is 0 Å². The zero-order valence-electron chi connectivity index (χ0n) is 10.3. The van der Waals surface area contributed by atoms with Crippen LogP contribution < -0.4 is 0 Å². The molecule has 0 aromatic heterocycles. The molecule has 4 atom stereocenters. The summed E-state index contributed by atoms with van der Waals surface area (Å²) < 4.78 is 10.4. The van der Waals surface area contributed by atoms with Gasteiger partial charge in [0.2, 0.25) is 0 Å². The second-order valence-electron chi connectivity index (χ2n) is 3.53. The largest absolute Gasteiger partial charge is 0.390 e. The molecule has 1 rings (SSSR count). The van der Waals surface area contributed by atoms with Crippen molar-refractivity contribution in [3.63, 3.8) is 0 Å². The second kappa shape index (κ2) is 11.9. The molecule has 0 saturated heterocycles. The maximum Gasteiger partial charge on any atom is 0.0763 e. The minimum Gasteiger partial charge on any atom is -0.390 e. The molecule has 0 aliphatic carbocycles. The predicted molar refractivity (Wildman–Crippen MR) is 82.1 cm³/mol. The van der Waals surface area contributed by atoms with Gasteiger partial charge in [-0.25, -0.2) is 0 Å². The average molecular weight is 525 g/mol. The summed E-state index contributed by atoms with van der Waals surface area (Å²) in [5.74, 6) is 0. The van der Waals surface area contributed by atoms with Gasteiger partial charge in [0.25, 0.3) is 0 Å². The van der Waals surface area contributed by atoms with E-state index in [2.05, 4.69) is 36.6 Å². The van der Waals surface area contributed by atoms with E-state index in [4.69, 9.17) is 9.05 Å². The first-order valence-electron chi connectivity index (χ1n) is 5.32. The maximum atomic E-state index is 5.32. The van der Waals surface area contributed by atoms with Gasteiger partial charge in [-0.05, 0) is 6.92 Å². The first-order valence-corrected chi connectivity index (χ1v) is 8.51. The Labute approximate surface area is 140 Å². The van der Waals surface area contributed by atoms with Crippen LogP contribution in [0.15, 0.2) is 36.4 Å². The van der Waals surface area contributed by atoms with Crippen LogP contribution >= 0.6 is 26.9 Å². The summed E-state index contributed by atoms with van der Waals surface area (Å²) in [5.41, 5.74) is 2.38. The normalized spacial score (nSPS) is 12.8. The van der Waals surface area contributed by atoms with Crippen LogP contribution in [-0.2, 0) is 15.5 Å². The topological polar surface area (TPSA) is 18.5 Å². The summed E-state index contributed by atoms with van der Waals surface area (Å²) in [7, 11) is 5.23. The van der Waals surface area contributed by atoms with Gasteiger partial charge in [-0.15, -0.1) is 17.7 Å². The van der Waals surface area contributed by atoms with Gasteiger partial charge in [0.15, 0.2) is 0 Å². The van der Waals surface area contributed by atoms with Gasteiger partial charge in [0, 0.05) is 49.1 Å². The Kier molecular flexibility index (Phi) is 12.6. The molecule has 4 unspecified atom stereocenters. The number of hydrogen-bond acceptors (Lipinski definition) is 2. The molecule has 0 aliphatic heterocycles. The van der Waals surface area contributed by atoms with Gasteiger partial charge < -0.3 is 9.05 Å². The van der Waals surface area contributed by atoms with Crippen LogP contribution in [0.2, 0.25) is 0 Å². The molecule has 0 amide bonds. The van der Waals surface area contributed by atoms with E-state index in [0.29, 0.717) is 8.50 Å². The standard InChI is InChI=1S/C12H18O2P3.U/c1-10(14-15)5-4-8-11-6-2-3-7-12(11)9-13-17-16;/h2-7,9-10,17H,8,15-16H2,1H3;/q-1;/b5-4+;. The van der Waals surface area contributed by atoms with E-state index in [-0.39, 0.29) is 37.2 Å². The summed E-state index contributed by atoms with van der Waals surface area (Å²) in [6, 6.07) is 8.23. The summed E-state index contributed by atoms with van der Waals surface area (Å²) in [6.45, 7) is 3.81. The fraction of sp³-hybridized carbons (Fsp3) is 0.250. The van der Waals surface area contributed by atoms with Gasteiger partial charge in [0.1, 0.15) is 0 Å². The van der Waals surface area contributed by atoms with Crippen LogP contribution in [0.4, 0.5) is 0 Å². The van der Waals surface area contributed by atoms with E-state index < -0.39 is 0 Å². The van der Waals surface area contributed by atoms with E-state index in [1.54, 1.807) is 0 Å². The first-order chi connectivity index (χ1) is 8.27. The number of hydrogen-bond donors (Lipinski definition) is 0. The minimum atomic E-state index is 0. The molecule has 0 fully saturated rings. The third kappa shape index (κ3) is 7.63. The van der Waals surface area contributed by atoms with Gasteiger partial charge in [-0.1, -0.05) is 40.2 Å². The van der Waals surface area contributed by atoms with Gasteiger partial charge in [0.05, 0.1) is 6.10 Å². The van der Waals surface area contributed by atoms with Crippen molar-refractivity contribution in [1.82, 2.24) is 0 Å². The van der Waals surface area contributed by atoms with Crippen LogP contribution in [0, 0.1) is 37.7 Å². The Balaban J connectivity index is 0.00000289. The fourth-order valence-corrected chi connectivity index (χ4v) is 1.85. The van der Waals surface area contributed by atoms with Crippen molar-refractivity contribution in [3.8, 4) is 0 Å². The molecule has 0 saturated carbocycles. The molecule has 1 aromatic carbocycles. The minimum absolute atomic E-state index is 0. The maximum absolute atomic E-state index is 5.32. The molecule has 1 aromatic rings. The zero-order chi connectivity index (χ0) is 12.5. The molecular formula is C12H18O2P3U-. The molecule has 0 aliphatic rings. The number of allylic oxidation sites excluding steroid dienone is 1. The van der Waals surface area contributed by atoms with Crippen molar-refractivity contribution in [2.24, 2.45) is 0 Å². The van der Waals surface area contributed by atoms with E-state index >= 15 is 0 Å². The summed E-state index contributed by atoms with van der Waals surface area (Å²) in [5, 5.41) is 0. The number of benzene rings is 1. The van der Waals surface area contributed by atoms with E-state index in [9.17, 15) is 0 Å². The molecule has 0 N–H and O–H groups in total. The third-order valence-electron chi connectivity index (χ3n) is 2.27. The molecule has 0 bridgehead atoms. The monoisotopic (exact) mass is 525 g/mol. The molecule has 0 spiro atoms. The molecule has 6 heteroatoms. The molecule has 0 radical (unpaired) electrons. The van der Waals surface area contributed by atoms with Gasteiger partial charge in [-0.3, -0.25) is 0 Å². The Bertz CT molecular complexity index is 361. The van der Waals surface area contributed by atoms with Crippen LogP contribution in [0.1, 0.15) is 18.1 Å².